The van der Waals surface area contributed by atoms with Crippen LogP contribution in [0, 0.1) is 5.82 Å². The third-order valence-electron chi connectivity index (χ3n) is 2.42. The number of aromatic nitrogens is 1. The molecule has 1 heterocycles. The number of pyridine rings is 1. The third-order valence-corrected chi connectivity index (χ3v) is 2.71. The number of ether oxygens (including phenoxy) is 1. The Hall–Kier alpha value is -1.81. The summed E-state index contributed by atoms with van der Waals surface area (Å²) in [6.45, 7) is 2.95. The van der Waals surface area contributed by atoms with Crippen LogP contribution in [0.15, 0.2) is 36.7 Å². The Bertz CT molecular complexity index is 563. The van der Waals surface area contributed by atoms with E-state index in [2.05, 4.69) is 17.2 Å². The SMILES string of the molecule is CCCNc1cncc(Oc2ccc(F)c(Cl)c2)c1. The first-order valence-corrected chi connectivity index (χ1v) is 6.38. The molecule has 100 valence electrons. The zero-order valence-electron chi connectivity index (χ0n) is 10.5. The Balaban J connectivity index is 2.11. The minimum atomic E-state index is -0.467. The molecule has 1 aromatic heterocycles. The summed E-state index contributed by atoms with van der Waals surface area (Å²) >= 11 is 5.70. The Morgan fingerprint density at radius 2 is 2.11 bits per heavy atom. The molecule has 0 spiro atoms. The number of rotatable bonds is 5. The second kappa shape index (κ2) is 6.38. The van der Waals surface area contributed by atoms with Gasteiger partial charge in [-0.3, -0.25) is 4.98 Å². The Morgan fingerprint density at radius 3 is 2.84 bits per heavy atom. The zero-order valence-corrected chi connectivity index (χ0v) is 11.2. The first kappa shape index (κ1) is 13.6. The summed E-state index contributed by atoms with van der Waals surface area (Å²) in [4.78, 5) is 4.08. The molecule has 1 N–H and O–H groups in total. The molecule has 0 aliphatic heterocycles. The predicted octanol–water partition coefficient (Wildman–Crippen LogP) is 4.49. The second-order valence-electron chi connectivity index (χ2n) is 4.01. The van der Waals surface area contributed by atoms with Crippen LogP contribution in [0.3, 0.4) is 0 Å². The summed E-state index contributed by atoms with van der Waals surface area (Å²) in [5.41, 5.74) is 0.882. The number of benzene rings is 1. The highest BCUT2D eigenvalue weighted by atomic mass is 35.5. The number of anilines is 1. The van der Waals surface area contributed by atoms with Crippen LogP contribution < -0.4 is 10.1 Å². The van der Waals surface area contributed by atoms with Gasteiger partial charge in [0.05, 0.1) is 23.1 Å². The van der Waals surface area contributed by atoms with Crippen LogP contribution in [0.25, 0.3) is 0 Å². The van der Waals surface area contributed by atoms with Crippen molar-refractivity contribution in [2.24, 2.45) is 0 Å². The number of nitrogens with one attached hydrogen (secondary N) is 1. The van der Waals surface area contributed by atoms with Gasteiger partial charge in [-0.15, -0.1) is 0 Å². The summed E-state index contributed by atoms with van der Waals surface area (Å²) in [5.74, 6) is 0.579. The van der Waals surface area contributed by atoms with Crippen LogP contribution in [-0.4, -0.2) is 11.5 Å². The lowest BCUT2D eigenvalue weighted by atomic mass is 10.3. The van der Waals surface area contributed by atoms with E-state index in [4.69, 9.17) is 16.3 Å². The van der Waals surface area contributed by atoms with Gasteiger partial charge < -0.3 is 10.1 Å². The molecule has 0 fully saturated rings. The highest BCUT2D eigenvalue weighted by Gasteiger charge is 2.04. The molecule has 19 heavy (non-hydrogen) atoms. The molecular weight excluding hydrogens is 267 g/mol. The number of halogens is 2. The maximum Gasteiger partial charge on any atom is 0.147 e. The van der Waals surface area contributed by atoms with Crippen molar-refractivity contribution in [3.8, 4) is 11.5 Å². The highest BCUT2D eigenvalue weighted by Crippen LogP contribution is 2.26. The average Bonchev–Trinajstić information content (AvgIpc) is 2.41. The van der Waals surface area contributed by atoms with Gasteiger partial charge in [-0.05, 0) is 18.6 Å². The summed E-state index contributed by atoms with van der Waals surface area (Å²) in [5, 5.41) is 3.25. The summed E-state index contributed by atoms with van der Waals surface area (Å²) < 4.78 is 18.6. The monoisotopic (exact) mass is 280 g/mol. The van der Waals surface area contributed by atoms with E-state index in [1.807, 2.05) is 6.07 Å². The molecule has 0 bridgehead atoms. The molecule has 0 amide bonds. The van der Waals surface area contributed by atoms with E-state index in [0.717, 1.165) is 18.7 Å². The minimum absolute atomic E-state index is 0.0331. The first-order valence-electron chi connectivity index (χ1n) is 6.01. The molecule has 1 aromatic carbocycles. The second-order valence-corrected chi connectivity index (χ2v) is 4.42. The van der Waals surface area contributed by atoms with Crippen LogP contribution in [0.1, 0.15) is 13.3 Å². The van der Waals surface area contributed by atoms with Crippen LogP contribution in [0.5, 0.6) is 11.5 Å². The van der Waals surface area contributed by atoms with E-state index in [1.165, 1.54) is 18.2 Å². The van der Waals surface area contributed by atoms with E-state index in [-0.39, 0.29) is 5.02 Å². The largest absolute Gasteiger partial charge is 0.456 e. The van der Waals surface area contributed by atoms with E-state index in [9.17, 15) is 4.39 Å². The van der Waals surface area contributed by atoms with E-state index in [1.54, 1.807) is 12.4 Å². The van der Waals surface area contributed by atoms with E-state index in [0.29, 0.717) is 11.5 Å². The fourth-order valence-electron chi connectivity index (χ4n) is 1.52. The van der Waals surface area contributed by atoms with Gasteiger partial charge in [0, 0.05) is 18.7 Å². The fraction of sp³-hybridized carbons (Fsp3) is 0.214. The average molecular weight is 281 g/mol. The van der Waals surface area contributed by atoms with Gasteiger partial charge in [-0.25, -0.2) is 4.39 Å². The lowest BCUT2D eigenvalue weighted by Gasteiger charge is -2.08. The molecule has 0 saturated carbocycles. The van der Waals surface area contributed by atoms with Gasteiger partial charge >= 0.3 is 0 Å². The molecule has 5 heteroatoms. The van der Waals surface area contributed by atoms with E-state index < -0.39 is 5.82 Å². The minimum Gasteiger partial charge on any atom is -0.456 e. The predicted molar refractivity (Wildman–Crippen MR) is 74.5 cm³/mol. The topological polar surface area (TPSA) is 34.2 Å². The van der Waals surface area contributed by atoms with Crippen LogP contribution in [0.2, 0.25) is 5.02 Å². The maximum absolute atomic E-state index is 13.0. The van der Waals surface area contributed by atoms with Crippen molar-refractivity contribution in [1.82, 2.24) is 4.98 Å². The van der Waals surface area contributed by atoms with Crippen molar-refractivity contribution < 1.29 is 9.13 Å². The van der Waals surface area contributed by atoms with Crippen molar-refractivity contribution in [2.75, 3.05) is 11.9 Å². The van der Waals surface area contributed by atoms with Crippen molar-refractivity contribution >= 4 is 17.3 Å². The van der Waals surface area contributed by atoms with Gasteiger partial charge in [0.2, 0.25) is 0 Å². The first-order chi connectivity index (χ1) is 9.19. The molecule has 0 aliphatic rings. The molecule has 0 radical (unpaired) electrons. The molecule has 2 rings (SSSR count). The molecular formula is C14H14ClFN2O. The van der Waals surface area contributed by atoms with Crippen molar-refractivity contribution in [3.05, 3.63) is 47.5 Å². The van der Waals surface area contributed by atoms with Gasteiger partial charge in [0.15, 0.2) is 0 Å². The lowest BCUT2D eigenvalue weighted by molar-refractivity contribution is 0.478. The highest BCUT2D eigenvalue weighted by molar-refractivity contribution is 6.30. The molecule has 3 nitrogen and oxygen atoms in total. The molecule has 2 aromatic rings. The molecule has 0 unspecified atom stereocenters. The quantitative estimate of drug-likeness (QED) is 0.876. The van der Waals surface area contributed by atoms with Gasteiger partial charge in [0.1, 0.15) is 17.3 Å². The number of hydrogen-bond acceptors (Lipinski definition) is 3. The maximum atomic E-state index is 13.0. The van der Waals surface area contributed by atoms with Crippen molar-refractivity contribution in [3.63, 3.8) is 0 Å². The summed E-state index contributed by atoms with van der Waals surface area (Å²) in [6, 6.07) is 6.06. The van der Waals surface area contributed by atoms with Gasteiger partial charge in [-0.2, -0.15) is 0 Å². The Morgan fingerprint density at radius 1 is 1.26 bits per heavy atom. The van der Waals surface area contributed by atoms with Crippen molar-refractivity contribution in [2.45, 2.75) is 13.3 Å². The number of hydrogen-bond donors (Lipinski definition) is 1. The lowest BCUT2D eigenvalue weighted by Crippen LogP contribution is -2.00. The molecule has 0 atom stereocenters. The van der Waals surface area contributed by atoms with E-state index >= 15 is 0 Å². The zero-order chi connectivity index (χ0) is 13.7. The molecule has 0 saturated heterocycles. The van der Waals surface area contributed by atoms with Crippen LogP contribution in [-0.2, 0) is 0 Å². The normalized spacial score (nSPS) is 10.3. The molecule has 0 aliphatic carbocycles. The summed E-state index contributed by atoms with van der Waals surface area (Å²) in [6.07, 6.45) is 4.34. The summed E-state index contributed by atoms with van der Waals surface area (Å²) in [7, 11) is 0. The Labute approximate surface area is 116 Å². The smallest absolute Gasteiger partial charge is 0.147 e. The van der Waals surface area contributed by atoms with Crippen LogP contribution in [0.4, 0.5) is 10.1 Å². The van der Waals surface area contributed by atoms with Gasteiger partial charge in [0.25, 0.3) is 0 Å². The standard InChI is InChI=1S/C14H14ClFN2O/c1-2-5-18-10-6-12(9-17-8-10)19-11-3-4-14(16)13(15)7-11/h3-4,6-9,18H,2,5H2,1H3. The fourth-order valence-corrected chi connectivity index (χ4v) is 1.69. The van der Waals surface area contributed by atoms with Crippen molar-refractivity contribution in [1.29, 1.82) is 0 Å². The number of nitrogens with zero attached hydrogens (tertiary/aromatic N) is 1. The Kier molecular flexibility index (Phi) is 4.58. The van der Waals surface area contributed by atoms with Gasteiger partial charge in [-0.1, -0.05) is 18.5 Å². The van der Waals surface area contributed by atoms with Crippen LogP contribution >= 0.6 is 11.6 Å². The third kappa shape index (κ3) is 3.83.